The lowest BCUT2D eigenvalue weighted by molar-refractivity contribution is -0.148. The molecule has 0 saturated carbocycles. The number of unbranched alkanes of at least 4 members (excludes halogenated alkanes) is 13. The van der Waals surface area contributed by atoms with Crippen molar-refractivity contribution in [2.45, 2.75) is 122 Å². The molecule has 0 radical (unpaired) electrons. The molecule has 3 N–H and O–H groups in total. The number of amides is 1. The summed E-state index contributed by atoms with van der Waals surface area (Å²) >= 11 is 0. The average molecular weight is 642 g/mol. The number of carboxylic acids is 1. The van der Waals surface area contributed by atoms with Crippen molar-refractivity contribution < 1.29 is 38.8 Å². The number of carboxylic acid groups (broad SMARTS) is 1. The molecule has 0 unspecified atom stereocenters. The molecule has 0 spiro atoms. The van der Waals surface area contributed by atoms with Crippen molar-refractivity contribution >= 4 is 17.8 Å². The monoisotopic (exact) mass is 641 g/mol. The van der Waals surface area contributed by atoms with Crippen LogP contribution in [-0.4, -0.2) is 60.0 Å². The molecule has 2 rings (SSSR count). The second-order valence-corrected chi connectivity index (χ2v) is 11.7. The van der Waals surface area contributed by atoms with E-state index >= 15 is 0 Å². The van der Waals surface area contributed by atoms with Crippen molar-refractivity contribution in [2.24, 2.45) is 0 Å². The number of aliphatic hydroxyl groups excluding tert-OH is 1. The molecule has 0 saturated heterocycles. The number of esters is 1. The van der Waals surface area contributed by atoms with Gasteiger partial charge in [-0.15, -0.1) is 0 Å². The normalized spacial score (nSPS) is 12.2. The molecule has 9 heteroatoms. The third-order valence-corrected chi connectivity index (χ3v) is 7.86. The maximum Gasteiger partial charge on any atom is 0.344 e. The van der Waals surface area contributed by atoms with E-state index in [1.807, 2.05) is 6.07 Å². The molecule has 2 aromatic rings. The van der Waals surface area contributed by atoms with Crippen LogP contribution in [0.25, 0.3) is 0 Å². The molecule has 0 aliphatic carbocycles. The van der Waals surface area contributed by atoms with Crippen LogP contribution in [0.3, 0.4) is 0 Å². The van der Waals surface area contributed by atoms with Crippen molar-refractivity contribution in [3.05, 3.63) is 59.7 Å². The van der Waals surface area contributed by atoms with E-state index in [2.05, 4.69) is 12.2 Å². The number of carbonyl (C=O) groups excluding carboxylic acids is 2. The minimum atomic E-state index is -1.83. The Hall–Kier alpha value is -3.59. The standard InChI is InChI=1S/C37H55NO8/c1-3-5-6-7-8-9-10-11-12-13-14-15-16-20-25-45-30-23-24-31(33(27-30)46-28-34(39)44-4-2)36(41)38-32(35(40)37(42)43)26-29-21-18-17-19-22-29/h17-19,21-24,27,32,35,40H,3-16,20,25-26,28H2,1-2H3,(H,38,41)(H,42,43)/t32-,35-/m0/s1. The second-order valence-electron chi connectivity index (χ2n) is 11.7. The van der Waals surface area contributed by atoms with Crippen LogP contribution in [-0.2, 0) is 20.7 Å². The van der Waals surface area contributed by atoms with Gasteiger partial charge in [-0.05, 0) is 37.5 Å². The molecule has 0 fully saturated rings. The van der Waals surface area contributed by atoms with Crippen LogP contribution in [0, 0.1) is 0 Å². The van der Waals surface area contributed by atoms with Crippen LogP contribution >= 0.6 is 0 Å². The summed E-state index contributed by atoms with van der Waals surface area (Å²) in [6, 6.07) is 12.5. The third-order valence-electron chi connectivity index (χ3n) is 7.86. The van der Waals surface area contributed by atoms with E-state index in [-0.39, 0.29) is 24.3 Å². The Morgan fingerprint density at radius 1 is 0.761 bits per heavy atom. The number of hydrogen-bond donors (Lipinski definition) is 3. The summed E-state index contributed by atoms with van der Waals surface area (Å²) in [6.45, 7) is 4.21. The van der Waals surface area contributed by atoms with Crippen molar-refractivity contribution in [1.29, 1.82) is 0 Å². The van der Waals surface area contributed by atoms with Gasteiger partial charge in [-0.1, -0.05) is 121 Å². The van der Waals surface area contributed by atoms with E-state index in [9.17, 15) is 24.6 Å². The summed E-state index contributed by atoms with van der Waals surface area (Å²) in [5, 5.41) is 22.4. The first-order chi connectivity index (χ1) is 22.3. The fourth-order valence-electron chi connectivity index (χ4n) is 5.25. The number of carbonyl (C=O) groups is 3. The molecule has 0 heterocycles. The van der Waals surface area contributed by atoms with Gasteiger partial charge in [-0.2, -0.15) is 0 Å². The van der Waals surface area contributed by atoms with Gasteiger partial charge in [-0.3, -0.25) is 4.79 Å². The van der Waals surface area contributed by atoms with Crippen LogP contribution in [0.1, 0.15) is 120 Å². The molecule has 0 bridgehead atoms. The van der Waals surface area contributed by atoms with Gasteiger partial charge in [-0.25, -0.2) is 9.59 Å². The highest BCUT2D eigenvalue weighted by molar-refractivity contribution is 5.97. The topological polar surface area (TPSA) is 131 Å². The fourth-order valence-corrected chi connectivity index (χ4v) is 5.25. The van der Waals surface area contributed by atoms with Crippen LogP contribution in [0.15, 0.2) is 48.5 Å². The largest absolute Gasteiger partial charge is 0.493 e. The van der Waals surface area contributed by atoms with E-state index in [0.717, 1.165) is 18.4 Å². The number of ether oxygens (including phenoxy) is 3. The van der Waals surface area contributed by atoms with Crippen molar-refractivity contribution in [3.8, 4) is 11.5 Å². The van der Waals surface area contributed by atoms with Crippen LogP contribution in [0.4, 0.5) is 0 Å². The first-order valence-electron chi connectivity index (χ1n) is 17.2. The van der Waals surface area contributed by atoms with Gasteiger partial charge < -0.3 is 29.7 Å². The minimum Gasteiger partial charge on any atom is -0.493 e. The summed E-state index contributed by atoms with van der Waals surface area (Å²) in [5.74, 6) is -2.12. The van der Waals surface area contributed by atoms with Crippen LogP contribution < -0.4 is 14.8 Å². The van der Waals surface area contributed by atoms with Gasteiger partial charge in [0.05, 0.1) is 24.8 Å². The van der Waals surface area contributed by atoms with Crippen molar-refractivity contribution in [3.63, 3.8) is 0 Å². The molecule has 46 heavy (non-hydrogen) atoms. The van der Waals surface area contributed by atoms with Gasteiger partial charge >= 0.3 is 11.9 Å². The van der Waals surface area contributed by atoms with E-state index < -0.39 is 36.6 Å². The van der Waals surface area contributed by atoms with E-state index in [1.54, 1.807) is 37.3 Å². The highest BCUT2D eigenvalue weighted by Gasteiger charge is 2.29. The Morgan fingerprint density at radius 3 is 1.91 bits per heavy atom. The van der Waals surface area contributed by atoms with Crippen molar-refractivity contribution in [1.82, 2.24) is 5.32 Å². The predicted octanol–water partition coefficient (Wildman–Crippen LogP) is 7.28. The zero-order valence-electron chi connectivity index (χ0n) is 27.8. The number of aliphatic carboxylic acids is 1. The molecule has 256 valence electrons. The van der Waals surface area contributed by atoms with Gasteiger partial charge in [0.15, 0.2) is 12.7 Å². The molecular formula is C37H55NO8. The number of rotatable bonds is 26. The first-order valence-corrected chi connectivity index (χ1v) is 17.2. The van der Waals surface area contributed by atoms with Gasteiger partial charge in [0.2, 0.25) is 0 Å². The smallest absolute Gasteiger partial charge is 0.344 e. The Bertz CT molecular complexity index is 1140. The molecule has 0 aliphatic rings. The van der Waals surface area contributed by atoms with Gasteiger partial charge in [0.1, 0.15) is 11.5 Å². The molecule has 0 aromatic heterocycles. The van der Waals surface area contributed by atoms with E-state index in [1.165, 1.54) is 89.2 Å². The summed E-state index contributed by atoms with van der Waals surface area (Å²) in [7, 11) is 0. The maximum absolute atomic E-state index is 13.3. The number of nitrogens with one attached hydrogen (secondary N) is 1. The lowest BCUT2D eigenvalue weighted by Crippen LogP contribution is -2.48. The maximum atomic E-state index is 13.3. The molecule has 0 aliphatic heterocycles. The third kappa shape index (κ3) is 16.1. The Balaban J connectivity index is 1.87. The second kappa shape index (κ2) is 23.7. The summed E-state index contributed by atoms with van der Waals surface area (Å²) < 4.78 is 16.5. The summed E-state index contributed by atoms with van der Waals surface area (Å²) in [4.78, 5) is 36.9. The molecule has 2 atom stereocenters. The zero-order chi connectivity index (χ0) is 33.4. The highest BCUT2D eigenvalue weighted by atomic mass is 16.6. The van der Waals surface area contributed by atoms with E-state index in [4.69, 9.17) is 14.2 Å². The Morgan fingerprint density at radius 2 is 1.35 bits per heavy atom. The lowest BCUT2D eigenvalue weighted by atomic mass is 10.0. The SMILES string of the molecule is CCCCCCCCCCCCCCCCOc1ccc(C(=O)N[C@@H](Cc2ccccc2)[C@H](O)C(=O)O)c(OCC(=O)OCC)c1. The predicted molar refractivity (Wildman–Crippen MR) is 179 cm³/mol. The average Bonchev–Trinajstić information content (AvgIpc) is 3.05. The first kappa shape index (κ1) is 38.6. The molecular weight excluding hydrogens is 586 g/mol. The molecule has 9 nitrogen and oxygen atoms in total. The number of hydrogen-bond acceptors (Lipinski definition) is 7. The summed E-state index contributed by atoms with van der Waals surface area (Å²) in [5.41, 5.74) is 0.822. The number of aliphatic hydroxyl groups is 1. The Kier molecular flexibility index (Phi) is 19.9. The highest BCUT2D eigenvalue weighted by Crippen LogP contribution is 2.26. The molecule has 2 aromatic carbocycles. The Labute approximate surface area is 275 Å². The quantitative estimate of drug-likeness (QED) is 0.0722. The van der Waals surface area contributed by atoms with E-state index in [0.29, 0.717) is 12.4 Å². The van der Waals surface area contributed by atoms with Crippen LogP contribution in [0.2, 0.25) is 0 Å². The summed E-state index contributed by atoms with van der Waals surface area (Å²) in [6.07, 6.45) is 16.1. The minimum absolute atomic E-state index is 0.0730. The number of benzene rings is 2. The molecule has 1 amide bonds. The lowest BCUT2D eigenvalue weighted by Gasteiger charge is -2.22. The van der Waals surface area contributed by atoms with Crippen molar-refractivity contribution in [2.75, 3.05) is 19.8 Å². The zero-order valence-corrected chi connectivity index (χ0v) is 27.8. The fraction of sp³-hybridized carbons (Fsp3) is 0.595. The van der Waals surface area contributed by atoms with Gasteiger partial charge in [0.25, 0.3) is 5.91 Å². The van der Waals surface area contributed by atoms with Gasteiger partial charge in [0, 0.05) is 6.07 Å². The van der Waals surface area contributed by atoms with Crippen LogP contribution in [0.5, 0.6) is 11.5 Å².